The average molecular weight is 351 g/mol. The summed E-state index contributed by atoms with van der Waals surface area (Å²) in [5.74, 6) is -0.962. The lowest BCUT2D eigenvalue weighted by molar-refractivity contribution is 0.0500. The van der Waals surface area contributed by atoms with E-state index in [4.69, 9.17) is 4.74 Å². The van der Waals surface area contributed by atoms with Gasteiger partial charge in [-0.05, 0) is 55.0 Å². The van der Waals surface area contributed by atoms with Gasteiger partial charge in [-0.25, -0.2) is 17.6 Å². The highest BCUT2D eigenvalue weighted by molar-refractivity contribution is 7.92. The summed E-state index contributed by atoms with van der Waals surface area (Å²) in [6, 6.07) is 10.4. The van der Waals surface area contributed by atoms with E-state index >= 15 is 0 Å². The highest BCUT2D eigenvalue weighted by Crippen LogP contribution is 2.17. The summed E-state index contributed by atoms with van der Waals surface area (Å²) in [5.41, 5.74) is 0.639. The number of carbonyl (C=O) groups excluding carboxylic acids is 1. The van der Waals surface area contributed by atoms with E-state index in [1.54, 1.807) is 0 Å². The predicted molar refractivity (Wildman–Crippen MR) is 88.8 cm³/mol. The van der Waals surface area contributed by atoms with Crippen molar-refractivity contribution < 1.29 is 22.3 Å². The van der Waals surface area contributed by atoms with Crippen molar-refractivity contribution >= 4 is 21.7 Å². The van der Waals surface area contributed by atoms with Crippen molar-refractivity contribution in [2.24, 2.45) is 0 Å². The molecular formula is C17H18FNO4S. The van der Waals surface area contributed by atoms with Crippen LogP contribution in [0.3, 0.4) is 0 Å². The standard InChI is InChI=1S/C17H18FNO4S/c1-2-3-12-23-17(20)13-4-8-15(9-5-13)19-24(21,22)16-10-6-14(18)7-11-16/h4-11,19H,2-3,12H2,1H3. The van der Waals surface area contributed by atoms with Crippen LogP contribution in [0.15, 0.2) is 53.4 Å². The Balaban J connectivity index is 2.05. The number of unbranched alkanes of at least 4 members (excludes halogenated alkanes) is 1. The zero-order valence-corrected chi connectivity index (χ0v) is 14.0. The summed E-state index contributed by atoms with van der Waals surface area (Å²) in [6.07, 6.45) is 1.72. The Kier molecular flexibility index (Phi) is 5.92. The highest BCUT2D eigenvalue weighted by atomic mass is 32.2. The van der Waals surface area contributed by atoms with Crippen LogP contribution >= 0.6 is 0 Å². The zero-order chi connectivity index (χ0) is 17.6. The van der Waals surface area contributed by atoms with E-state index in [1.807, 2.05) is 6.92 Å². The van der Waals surface area contributed by atoms with Crippen molar-refractivity contribution in [3.63, 3.8) is 0 Å². The van der Waals surface area contributed by atoms with Crippen LogP contribution in [0.5, 0.6) is 0 Å². The topological polar surface area (TPSA) is 72.5 Å². The van der Waals surface area contributed by atoms with Crippen LogP contribution < -0.4 is 4.72 Å². The minimum absolute atomic E-state index is 0.0491. The van der Waals surface area contributed by atoms with E-state index in [2.05, 4.69) is 4.72 Å². The fourth-order valence-electron chi connectivity index (χ4n) is 1.89. The van der Waals surface area contributed by atoms with Gasteiger partial charge in [-0.2, -0.15) is 0 Å². The van der Waals surface area contributed by atoms with Gasteiger partial charge in [0.05, 0.1) is 17.1 Å². The Labute approximate surface area is 140 Å². The first-order valence-corrected chi connectivity index (χ1v) is 8.96. The van der Waals surface area contributed by atoms with Crippen molar-refractivity contribution in [3.8, 4) is 0 Å². The molecule has 2 aromatic carbocycles. The third-order valence-electron chi connectivity index (χ3n) is 3.23. The summed E-state index contributed by atoms with van der Waals surface area (Å²) >= 11 is 0. The molecule has 5 nitrogen and oxygen atoms in total. The van der Waals surface area contributed by atoms with Gasteiger partial charge in [-0.15, -0.1) is 0 Å². The Morgan fingerprint density at radius 2 is 1.71 bits per heavy atom. The van der Waals surface area contributed by atoms with Crippen LogP contribution in [0.2, 0.25) is 0 Å². The number of hydrogen-bond donors (Lipinski definition) is 1. The van der Waals surface area contributed by atoms with Crippen molar-refractivity contribution in [3.05, 3.63) is 59.9 Å². The number of halogens is 1. The molecule has 0 bridgehead atoms. The van der Waals surface area contributed by atoms with Gasteiger partial charge >= 0.3 is 5.97 Å². The maximum Gasteiger partial charge on any atom is 0.338 e. The molecule has 7 heteroatoms. The van der Waals surface area contributed by atoms with Crippen LogP contribution in [0.1, 0.15) is 30.1 Å². The van der Waals surface area contributed by atoms with Crippen LogP contribution in [0.4, 0.5) is 10.1 Å². The summed E-state index contributed by atoms with van der Waals surface area (Å²) < 4.78 is 44.7. The molecule has 1 N–H and O–H groups in total. The number of hydrogen-bond acceptors (Lipinski definition) is 4. The Hall–Kier alpha value is -2.41. The number of anilines is 1. The van der Waals surface area contributed by atoms with Crippen molar-refractivity contribution in [1.82, 2.24) is 0 Å². The molecule has 0 radical (unpaired) electrons. The van der Waals surface area contributed by atoms with Crippen LogP contribution in [-0.4, -0.2) is 21.0 Å². The van der Waals surface area contributed by atoms with Crippen LogP contribution in [0, 0.1) is 5.82 Å². The van der Waals surface area contributed by atoms with E-state index in [0.717, 1.165) is 25.0 Å². The predicted octanol–water partition coefficient (Wildman–Crippen LogP) is 3.58. The lowest BCUT2D eigenvalue weighted by Gasteiger charge is -2.09. The fraction of sp³-hybridized carbons (Fsp3) is 0.235. The van der Waals surface area contributed by atoms with E-state index in [1.165, 1.54) is 36.4 Å². The average Bonchev–Trinajstić information content (AvgIpc) is 2.55. The second kappa shape index (κ2) is 7.92. The molecule has 128 valence electrons. The van der Waals surface area contributed by atoms with Crippen molar-refractivity contribution in [1.29, 1.82) is 0 Å². The monoisotopic (exact) mass is 351 g/mol. The Morgan fingerprint density at radius 1 is 1.08 bits per heavy atom. The van der Waals surface area contributed by atoms with Gasteiger partial charge in [-0.3, -0.25) is 4.72 Å². The number of ether oxygens (including phenoxy) is 1. The van der Waals surface area contributed by atoms with Gasteiger partial charge in [0.25, 0.3) is 10.0 Å². The first-order chi connectivity index (χ1) is 11.4. The third-order valence-corrected chi connectivity index (χ3v) is 4.63. The van der Waals surface area contributed by atoms with Crippen molar-refractivity contribution in [2.75, 3.05) is 11.3 Å². The first kappa shape index (κ1) is 17.9. The van der Waals surface area contributed by atoms with Gasteiger partial charge in [0.2, 0.25) is 0 Å². The minimum atomic E-state index is -3.81. The molecule has 0 amide bonds. The molecule has 0 saturated heterocycles. The molecular weight excluding hydrogens is 333 g/mol. The lowest BCUT2D eigenvalue weighted by Crippen LogP contribution is -2.13. The number of esters is 1. The number of rotatable bonds is 7. The normalized spacial score (nSPS) is 11.1. The van der Waals surface area contributed by atoms with Gasteiger partial charge in [0.1, 0.15) is 5.82 Å². The number of nitrogens with one attached hydrogen (secondary N) is 1. The second-order valence-corrected chi connectivity index (χ2v) is 6.81. The smallest absolute Gasteiger partial charge is 0.338 e. The van der Waals surface area contributed by atoms with E-state index in [0.29, 0.717) is 17.9 Å². The van der Waals surface area contributed by atoms with Crippen LogP contribution in [-0.2, 0) is 14.8 Å². The van der Waals surface area contributed by atoms with Gasteiger partial charge in [0.15, 0.2) is 0 Å². The van der Waals surface area contributed by atoms with E-state index in [-0.39, 0.29) is 4.90 Å². The quantitative estimate of drug-likeness (QED) is 0.611. The Bertz CT molecular complexity index is 786. The molecule has 0 aromatic heterocycles. The van der Waals surface area contributed by atoms with Gasteiger partial charge in [0, 0.05) is 5.69 Å². The highest BCUT2D eigenvalue weighted by Gasteiger charge is 2.14. The SMILES string of the molecule is CCCCOC(=O)c1ccc(NS(=O)(=O)c2ccc(F)cc2)cc1. The summed E-state index contributed by atoms with van der Waals surface area (Å²) in [4.78, 5) is 11.7. The maximum atomic E-state index is 12.9. The molecule has 0 atom stereocenters. The van der Waals surface area contributed by atoms with Crippen molar-refractivity contribution in [2.45, 2.75) is 24.7 Å². The van der Waals surface area contributed by atoms with Gasteiger partial charge in [-0.1, -0.05) is 13.3 Å². The second-order valence-electron chi connectivity index (χ2n) is 5.13. The molecule has 0 fully saturated rings. The number of benzene rings is 2. The van der Waals surface area contributed by atoms with E-state index < -0.39 is 21.8 Å². The molecule has 24 heavy (non-hydrogen) atoms. The molecule has 0 aliphatic heterocycles. The first-order valence-electron chi connectivity index (χ1n) is 7.48. The molecule has 2 rings (SSSR count). The summed E-state index contributed by atoms with van der Waals surface area (Å²) in [6.45, 7) is 2.35. The largest absolute Gasteiger partial charge is 0.462 e. The summed E-state index contributed by atoms with van der Waals surface area (Å²) in [5, 5.41) is 0. The molecule has 2 aromatic rings. The maximum absolute atomic E-state index is 12.9. The molecule has 0 spiro atoms. The van der Waals surface area contributed by atoms with E-state index in [9.17, 15) is 17.6 Å². The van der Waals surface area contributed by atoms with Gasteiger partial charge < -0.3 is 4.74 Å². The molecule has 0 heterocycles. The Morgan fingerprint density at radius 3 is 2.29 bits per heavy atom. The zero-order valence-electron chi connectivity index (χ0n) is 13.2. The molecule has 0 saturated carbocycles. The molecule has 0 unspecified atom stereocenters. The fourth-order valence-corrected chi connectivity index (χ4v) is 2.95. The minimum Gasteiger partial charge on any atom is -0.462 e. The molecule has 0 aliphatic rings. The lowest BCUT2D eigenvalue weighted by atomic mass is 10.2. The summed E-state index contributed by atoms with van der Waals surface area (Å²) in [7, 11) is -3.81. The van der Waals surface area contributed by atoms with Crippen LogP contribution in [0.25, 0.3) is 0 Å². The third kappa shape index (κ3) is 4.79. The molecule has 0 aliphatic carbocycles. The number of carbonyl (C=O) groups is 1. The number of sulfonamides is 1.